The maximum atomic E-state index is 11.4. The minimum atomic E-state index is -3.29. The summed E-state index contributed by atoms with van der Waals surface area (Å²) in [6.07, 6.45) is 2.10. The summed E-state index contributed by atoms with van der Waals surface area (Å²) in [5, 5.41) is 3.44. The van der Waals surface area contributed by atoms with Crippen molar-refractivity contribution in [1.29, 1.82) is 0 Å². The van der Waals surface area contributed by atoms with Gasteiger partial charge < -0.3 is 9.64 Å². The Balaban J connectivity index is 1.48. The molecular weight excluding hydrogens is 418 g/mol. The monoisotopic (exact) mass is 443 g/mol. The Morgan fingerprint density at radius 3 is 2.53 bits per heavy atom. The first kappa shape index (κ1) is 20.7. The van der Waals surface area contributed by atoms with Gasteiger partial charge in [0.15, 0.2) is 0 Å². The average molecular weight is 444 g/mol. The van der Waals surface area contributed by atoms with Gasteiger partial charge in [0, 0.05) is 17.4 Å². The Morgan fingerprint density at radius 1 is 1.10 bits per heavy atom. The normalized spacial score (nSPS) is 17.3. The quantitative estimate of drug-likeness (QED) is 0.608. The number of nitrogens with one attached hydrogen (secondary N) is 1. The number of fused-ring (bicyclic) bond motifs is 1. The molecule has 2 heterocycles. The van der Waals surface area contributed by atoms with Crippen LogP contribution < -0.4 is 14.4 Å². The van der Waals surface area contributed by atoms with Crippen molar-refractivity contribution in [2.75, 3.05) is 29.3 Å². The molecule has 1 N–H and O–H groups in total. The summed E-state index contributed by atoms with van der Waals surface area (Å²) in [5.74, 6) is 0.700. The molecule has 1 aliphatic rings. The number of anilines is 3. The minimum absolute atomic E-state index is 0.318. The van der Waals surface area contributed by atoms with Gasteiger partial charge in [0.25, 0.3) is 0 Å². The van der Waals surface area contributed by atoms with Crippen molar-refractivity contribution >= 4 is 37.7 Å². The highest BCUT2D eigenvalue weighted by Crippen LogP contribution is 2.37. The van der Waals surface area contributed by atoms with Gasteiger partial charge >= 0.3 is 0 Å². The van der Waals surface area contributed by atoms with Crippen LogP contribution in [0.5, 0.6) is 5.75 Å². The summed E-state index contributed by atoms with van der Waals surface area (Å²) in [4.78, 5) is 4.65. The molecule has 158 valence electrons. The highest BCUT2D eigenvalue weighted by molar-refractivity contribution is 7.92. The SMILES string of the molecule is CC1Cc2ccsc2N(c2ccccc2)CN1COc1ccc(NS(C)(=O)=O)cc1. The summed E-state index contributed by atoms with van der Waals surface area (Å²) in [5.41, 5.74) is 3.04. The summed E-state index contributed by atoms with van der Waals surface area (Å²) >= 11 is 1.77. The van der Waals surface area contributed by atoms with E-state index in [-0.39, 0.29) is 0 Å². The van der Waals surface area contributed by atoms with E-state index >= 15 is 0 Å². The van der Waals surface area contributed by atoms with E-state index in [9.17, 15) is 8.42 Å². The van der Waals surface area contributed by atoms with Crippen LogP contribution in [0.25, 0.3) is 0 Å². The molecule has 0 spiro atoms. The molecule has 0 fully saturated rings. The van der Waals surface area contributed by atoms with Gasteiger partial charge in [0.05, 0.1) is 17.9 Å². The van der Waals surface area contributed by atoms with Crippen molar-refractivity contribution in [3.8, 4) is 5.75 Å². The molecule has 1 unspecified atom stereocenters. The van der Waals surface area contributed by atoms with Crippen molar-refractivity contribution in [3.63, 3.8) is 0 Å². The molecule has 0 amide bonds. The minimum Gasteiger partial charge on any atom is -0.478 e. The van der Waals surface area contributed by atoms with E-state index in [1.54, 1.807) is 35.6 Å². The van der Waals surface area contributed by atoms with Crippen LogP contribution in [0.15, 0.2) is 66.0 Å². The van der Waals surface area contributed by atoms with Gasteiger partial charge in [-0.3, -0.25) is 4.72 Å². The Kier molecular flexibility index (Phi) is 5.99. The van der Waals surface area contributed by atoms with E-state index in [1.807, 2.05) is 6.07 Å². The molecule has 6 nitrogen and oxygen atoms in total. The van der Waals surface area contributed by atoms with Gasteiger partial charge in [0.2, 0.25) is 10.0 Å². The second-order valence-electron chi connectivity index (χ2n) is 7.47. The molecule has 1 atom stereocenters. The molecule has 8 heteroatoms. The van der Waals surface area contributed by atoms with Crippen molar-refractivity contribution in [1.82, 2.24) is 4.90 Å². The van der Waals surface area contributed by atoms with Crippen LogP contribution >= 0.6 is 11.3 Å². The largest absolute Gasteiger partial charge is 0.478 e. The van der Waals surface area contributed by atoms with E-state index in [0.717, 1.165) is 25.0 Å². The fourth-order valence-corrected chi connectivity index (χ4v) is 5.04. The van der Waals surface area contributed by atoms with Crippen molar-refractivity contribution in [2.24, 2.45) is 0 Å². The van der Waals surface area contributed by atoms with Crippen molar-refractivity contribution in [2.45, 2.75) is 19.4 Å². The molecule has 2 aromatic carbocycles. The van der Waals surface area contributed by atoms with Crippen LogP contribution in [0, 0.1) is 0 Å². The van der Waals surface area contributed by atoms with E-state index in [2.05, 4.69) is 57.2 Å². The highest BCUT2D eigenvalue weighted by Gasteiger charge is 2.27. The number of benzene rings is 2. The van der Waals surface area contributed by atoms with Gasteiger partial charge in [-0.2, -0.15) is 0 Å². The lowest BCUT2D eigenvalue weighted by molar-refractivity contribution is 0.0956. The highest BCUT2D eigenvalue weighted by atomic mass is 32.2. The van der Waals surface area contributed by atoms with E-state index in [0.29, 0.717) is 24.2 Å². The lowest BCUT2D eigenvalue weighted by Gasteiger charge is -2.31. The van der Waals surface area contributed by atoms with Crippen LogP contribution in [0.2, 0.25) is 0 Å². The summed E-state index contributed by atoms with van der Waals surface area (Å²) in [6, 6.07) is 19.9. The molecule has 0 saturated heterocycles. The molecule has 0 saturated carbocycles. The zero-order chi connectivity index (χ0) is 21.1. The van der Waals surface area contributed by atoms with Gasteiger partial charge in [0.1, 0.15) is 12.5 Å². The van der Waals surface area contributed by atoms with Crippen LogP contribution in [-0.4, -0.2) is 39.0 Å². The molecule has 0 radical (unpaired) electrons. The Bertz CT molecular complexity index is 1080. The van der Waals surface area contributed by atoms with E-state index in [4.69, 9.17) is 4.74 Å². The average Bonchev–Trinajstić information content (AvgIpc) is 3.11. The smallest absolute Gasteiger partial charge is 0.229 e. The number of hydrogen-bond acceptors (Lipinski definition) is 6. The number of para-hydroxylation sites is 1. The fraction of sp³-hybridized carbons (Fsp3) is 0.273. The molecule has 4 rings (SSSR count). The maximum absolute atomic E-state index is 11.4. The predicted molar refractivity (Wildman–Crippen MR) is 123 cm³/mol. The summed E-state index contributed by atoms with van der Waals surface area (Å²) in [7, 11) is -3.29. The number of hydrogen-bond donors (Lipinski definition) is 1. The van der Waals surface area contributed by atoms with E-state index < -0.39 is 10.0 Å². The number of ether oxygens (including phenoxy) is 1. The molecular formula is C22H25N3O3S2. The van der Waals surface area contributed by atoms with Crippen LogP contribution in [0.1, 0.15) is 12.5 Å². The number of nitrogens with zero attached hydrogens (tertiary/aromatic N) is 2. The van der Waals surface area contributed by atoms with Crippen LogP contribution in [0.3, 0.4) is 0 Å². The van der Waals surface area contributed by atoms with Gasteiger partial charge in [-0.1, -0.05) is 18.2 Å². The zero-order valence-corrected chi connectivity index (χ0v) is 18.6. The summed E-state index contributed by atoms with van der Waals surface area (Å²) < 4.78 is 31.2. The standard InChI is InChI=1S/C22H25N3O3S2/c1-17-14-18-12-13-29-22(18)25(20-6-4-3-5-7-20)15-24(17)16-28-21-10-8-19(9-11-21)23-30(2,26)27/h3-13,17,23H,14-16H2,1-2H3. The Morgan fingerprint density at radius 2 is 1.83 bits per heavy atom. The Hall–Kier alpha value is -2.55. The Labute approximate surface area is 181 Å². The second kappa shape index (κ2) is 8.67. The van der Waals surface area contributed by atoms with Crippen molar-refractivity contribution in [3.05, 3.63) is 71.6 Å². The first-order valence-electron chi connectivity index (χ1n) is 9.73. The maximum Gasteiger partial charge on any atom is 0.229 e. The first-order chi connectivity index (χ1) is 14.4. The fourth-order valence-electron chi connectivity index (χ4n) is 3.52. The topological polar surface area (TPSA) is 61.9 Å². The lowest BCUT2D eigenvalue weighted by Crippen LogP contribution is -2.42. The lowest BCUT2D eigenvalue weighted by atomic mass is 10.1. The second-order valence-corrected chi connectivity index (χ2v) is 10.1. The molecule has 0 aliphatic carbocycles. The zero-order valence-electron chi connectivity index (χ0n) is 17.0. The van der Waals surface area contributed by atoms with Gasteiger partial charge in [-0.05, 0) is 66.8 Å². The molecule has 1 aliphatic heterocycles. The van der Waals surface area contributed by atoms with Gasteiger partial charge in [-0.25, -0.2) is 13.3 Å². The number of sulfonamides is 1. The third-order valence-electron chi connectivity index (χ3n) is 5.05. The molecule has 1 aromatic heterocycles. The van der Waals surface area contributed by atoms with E-state index in [1.165, 1.54) is 10.6 Å². The number of thiophene rings is 1. The molecule has 0 bridgehead atoms. The van der Waals surface area contributed by atoms with Gasteiger partial charge in [-0.15, -0.1) is 11.3 Å². The molecule has 30 heavy (non-hydrogen) atoms. The van der Waals surface area contributed by atoms with Crippen LogP contribution in [-0.2, 0) is 16.4 Å². The summed E-state index contributed by atoms with van der Waals surface area (Å²) in [6.45, 7) is 3.39. The predicted octanol–water partition coefficient (Wildman–Crippen LogP) is 4.50. The third kappa shape index (κ3) is 4.95. The van der Waals surface area contributed by atoms with Crippen molar-refractivity contribution < 1.29 is 13.2 Å². The number of rotatable bonds is 6. The first-order valence-corrected chi connectivity index (χ1v) is 12.5. The molecule has 3 aromatic rings. The van der Waals surface area contributed by atoms with Crippen LogP contribution in [0.4, 0.5) is 16.4 Å². The third-order valence-corrected chi connectivity index (χ3v) is 6.64.